The molecule has 1 saturated heterocycles. The molecule has 0 aromatic rings. The molecule has 2 atom stereocenters. The number of imide groups is 1. The number of ether oxygens (including phenoxy) is 1. The molecule has 0 spiro atoms. The van der Waals surface area contributed by atoms with Gasteiger partial charge in [0.05, 0.1) is 6.04 Å². The molecule has 0 aromatic heterocycles. The number of halogens is 3. The van der Waals surface area contributed by atoms with Crippen LogP contribution in [0.5, 0.6) is 0 Å². The van der Waals surface area contributed by atoms with Crippen molar-refractivity contribution < 1.29 is 32.3 Å². The predicted octanol–water partition coefficient (Wildman–Crippen LogP) is -0.613. The Morgan fingerprint density at radius 1 is 1.39 bits per heavy atom. The van der Waals surface area contributed by atoms with E-state index in [1.807, 2.05) is 0 Å². The third-order valence-corrected chi connectivity index (χ3v) is 3.00. The number of hydrogen-bond acceptors (Lipinski definition) is 5. The van der Waals surface area contributed by atoms with Gasteiger partial charge in [0.25, 0.3) is 5.91 Å². The lowest BCUT2D eigenvalue weighted by Crippen LogP contribution is -2.42. The Balaban J connectivity index is 2.09. The molecule has 1 aliphatic heterocycles. The first kappa shape index (κ1) is 19.2. The molecule has 0 aromatic carbocycles. The number of nitrogens with two attached hydrogens (primary N) is 1. The molecule has 1 aliphatic rings. The van der Waals surface area contributed by atoms with Gasteiger partial charge in [-0.1, -0.05) is 0 Å². The summed E-state index contributed by atoms with van der Waals surface area (Å²) in [6.45, 7) is -1.42. The molecule has 132 valence electrons. The normalized spacial score (nSPS) is 19.2. The van der Waals surface area contributed by atoms with Crippen LogP contribution in [0.4, 0.5) is 18.0 Å². The highest BCUT2D eigenvalue weighted by molar-refractivity contribution is 6.04. The number of alkyl halides is 3. The van der Waals surface area contributed by atoms with Gasteiger partial charge in [-0.25, -0.2) is 4.79 Å². The Kier molecular flexibility index (Phi) is 7.23. The van der Waals surface area contributed by atoms with Crippen molar-refractivity contribution in [3.63, 3.8) is 0 Å². The summed E-state index contributed by atoms with van der Waals surface area (Å²) in [4.78, 5) is 33.7. The van der Waals surface area contributed by atoms with Gasteiger partial charge in [0.15, 0.2) is 0 Å². The SMILES string of the molecule is NC(CCOCC(F)(F)F)C(=O)NCCC[C@@H]1NC(=O)NC1=O. The van der Waals surface area contributed by atoms with Gasteiger partial charge in [-0.2, -0.15) is 13.2 Å². The number of carbonyl (C=O) groups excluding carboxylic acids is 3. The quantitative estimate of drug-likeness (QED) is 0.329. The highest BCUT2D eigenvalue weighted by Crippen LogP contribution is 2.14. The molecular formula is C12H19F3N4O4. The first-order valence-corrected chi connectivity index (χ1v) is 6.98. The maximum Gasteiger partial charge on any atom is 0.411 e. The average Bonchev–Trinajstić information content (AvgIpc) is 2.76. The van der Waals surface area contributed by atoms with Crippen LogP contribution in [-0.2, 0) is 14.3 Å². The van der Waals surface area contributed by atoms with Gasteiger partial charge in [0.2, 0.25) is 5.91 Å². The van der Waals surface area contributed by atoms with Gasteiger partial charge >= 0.3 is 12.2 Å². The highest BCUT2D eigenvalue weighted by atomic mass is 19.4. The van der Waals surface area contributed by atoms with Crippen LogP contribution < -0.4 is 21.7 Å². The Hall–Kier alpha value is -1.88. The van der Waals surface area contributed by atoms with Crippen LogP contribution in [0.2, 0.25) is 0 Å². The van der Waals surface area contributed by atoms with Crippen molar-refractivity contribution in [3.05, 3.63) is 0 Å². The van der Waals surface area contributed by atoms with Crippen LogP contribution in [-0.4, -0.2) is 55.9 Å². The first-order valence-electron chi connectivity index (χ1n) is 6.98. The lowest BCUT2D eigenvalue weighted by Gasteiger charge is -2.13. The second kappa shape index (κ2) is 8.67. The Morgan fingerprint density at radius 2 is 2.09 bits per heavy atom. The Bertz CT molecular complexity index is 445. The van der Waals surface area contributed by atoms with E-state index in [1.54, 1.807) is 0 Å². The van der Waals surface area contributed by atoms with Gasteiger partial charge in [0.1, 0.15) is 12.6 Å². The molecule has 11 heteroatoms. The largest absolute Gasteiger partial charge is 0.411 e. The summed E-state index contributed by atoms with van der Waals surface area (Å²) in [5.41, 5.74) is 5.52. The number of nitrogens with one attached hydrogen (secondary N) is 3. The minimum absolute atomic E-state index is 0.0387. The van der Waals surface area contributed by atoms with Crippen LogP contribution in [0, 0.1) is 0 Å². The van der Waals surface area contributed by atoms with E-state index in [2.05, 4.69) is 20.7 Å². The molecule has 0 bridgehead atoms. The second-order valence-electron chi connectivity index (χ2n) is 5.01. The number of hydrogen-bond donors (Lipinski definition) is 4. The van der Waals surface area contributed by atoms with Crippen LogP contribution in [0.15, 0.2) is 0 Å². The topological polar surface area (TPSA) is 123 Å². The van der Waals surface area contributed by atoms with Crippen molar-refractivity contribution in [2.45, 2.75) is 37.5 Å². The van der Waals surface area contributed by atoms with E-state index < -0.39 is 42.7 Å². The fourth-order valence-electron chi connectivity index (χ4n) is 1.84. The molecule has 8 nitrogen and oxygen atoms in total. The smallest absolute Gasteiger partial charge is 0.372 e. The zero-order chi connectivity index (χ0) is 17.5. The minimum Gasteiger partial charge on any atom is -0.372 e. The predicted molar refractivity (Wildman–Crippen MR) is 72.2 cm³/mol. The average molecular weight is 340 g/mol. The van der Waals surface area contributed by atoms with Crippen molar-refractivity contribution in [3.8, 4) is 0 Å². The van der Waals surface area contributed by atoms with Crippen molar-refractivity contribution in [1.82, 2.24) is 16.0 Å². The minimum atomic E-state index is -4.41. The summed E-state index contributed by atoms with van der Waals surface area (Å²) < 4.78 is 39.9. The molecule has 0 radical (unpaired) electrons. The van der Waals surface area contributed by atoms with Gasteiger partial charge < -0.3 is 21.1 Å². The van der Waals surface area contributed by atoms with Crippen molar-refractivity contribution >= 4 is 17.8 Å². The summed E-state index contributed by atoms with van der Waals surface area (Å²) in [6, 6.07) is -2.15. The molecule has 1 rings (SSSR count). The second-order valence-corrected chi connectivity index (χ2v) is 5.01. The van der Waals surface area contributed by atoms with Crippen LogP contribution in [0.3, 0.4) is 0 Å². The van der Waals surface area contributed by atoms with E-state index in [0.717, 1.165) is 0 Å². The van der Waals surface area contributed by atoms with Gasteiger partial charge in [-0.15, -0.1) is 0 Å². The molecular weight excluding hydrogens is 321 g/mol. The van der Waals surface area contributed by atoms with Crippen LogP contribution >= 0.6 is 0 Å². The monoisotopic (exact) mass is 340 g/mol. The molecule has 1 heterocycles. The molecule has 5 N–H and O–H groups in total. The Morgan fingerprint density at radius 3 is 2.65 bits per heavy atom. The number of amides is 4. The number of rotatable bonds is 9. The summed E-state index contributed by atoms with van der Waals surface area (Å²) in [7, 11) is 0. The van der Waals surface area contributed by atoms with E-state index in [-0.39, 0.29) is 19.6 Å². The maximum atomic E-state index is 11.8. The molecule has 1 unspecified atom stereocenters. The van der Waals surface area contributed by atoms with Crippen molar-refractivity contribution in [1.29, 1.82) is 0 Å². The summed E-state index contributed by atoms with van der Waals surface area (Å²) in [5.74, 6) is -0.930. The molecule has 0 saturated carbocycles. The molecule has 1 fully saturated rings. The summed E-state index contributed by atoms with van der Waals surface area (Å²) in [6.07, 6.45) is -3.67. The number of urea groups is 1. The summed E-state index contributed by atoms with van der Waals surface area (Å²) in [5, 5.41) is 7.00. The third kappa shape index (κ3) is 7.79. The van der Waals surface area contributed by atoms with Gasteiger partial charge in [-0.05, 0) is 19.3 Å². The van der Waals surface area contributed by atoms with E-state index in [4.69, 9.17) is 5.73 Å². The molecule has 23 heavy (non-hydrogen) atoms. The Labute approximate surface area is 130 Å². The maximum absolute atomic E-state index is 11.8. The first-order chi connectivity index (χ1) is 10.7. The fraction of sp³-hybridized carbons (Fsp3) is 0.750. The van der Waals surface area contributed by atoms with Crippen LogP contribution in [0.25, 0.3) is 0 Å². The molecule has 4 amide bonds. The van der Waals surface area contributed by atoms with E-state index in [0.29, 0.717) is 12.8 Å². The lowest BCUT2D eigenvalue weighted by molar-refractivity contribution is -0.174. The number of carbonyl (C=O) groups is 3. The van der Waals surface area contributed by atoms with E-state index in [9.17, 15) is 27.6 Å². The van der Waals surface area contributed by atoms with E-state index in [1.165, 1.54) is 0 Å². The molecule has 0 aliphatic carbocycles. The van der Waals surface area contributed by atoms with Gasteiger partial charge in [-0.3, -0.25) is 14.9 Å². The van der Waals surface area contributed by atoms with E-state index >= 15 is 0 Å². The zero-order valence-electron chi connectivity index (χ0n) is 12.2. The van der Waals surface area contributed by atoms with Gasteiger partial charge in [0, 0.05) is 13.2 Å². The highest BCUT2D eigenvalue weighted by Gasteiger charge is 2.29. The standard InChI is InChI=1S/C12H19F3N4O4/c13-12(14,15)6-23-5-3-7(16)9(20)17-4-1-2-8-10(21)19-11(22)18-8/h7-8H,1-6,16H2,(H,17,20)(H2,18,19,21,22)/t7?,8-/m0/s1. The van der Waals surface area contributed by atoms with Crippen molar-refractivity contribution in [2.75, 3.05) is 19.8 Å². The third-order valence-electron chi connectivity index (χ3n) is 3.00. The van der Waals surface area contributed by atoms with Crippen LogP contribution in [0.1, 0.15) is 19.3 Å². The lowest BCUT2D eigenvalue weighted by atomic mass is 10.1. The van der Waals surface area contributed by atoms with Crippen molar-refractivity contribution in [2.24, 2.45) is 5.73 Å². The summed E-state index contributed by atoms with van der Waals surface area (Å²) >= 11 is 0. The fourth-order valence-corrected chi connectivity index (χ4v) is 1.84. The zero-order valence-corrected chi connectivity index (χ0v) is 12.2.